The van der Waals surface area contributed by atoms with Crippen LogP contribution in [0.15, 0.2) is 18.3 Å². The summed E-state index contributed by atoms with van der Waals surface area (Å²) < 4.78 is 0. The molecule has 0 radical (unpaired) electrons. The highest BCUT2D eigenvalue weighted by Crippen LogP contribution is 2.10. The molecule has 13 heavy (non-hydrogen) atoms. The summed E-state index contributed by atoms with van der Waals surface area (Å²) in [7, 11) is 0. The van der Waals surface area contributed by atoms with Crippen molar-refractivity contribution in [1.29, 1.82) is 0 Å². The highest BCUT2D eigenvalue weighted by atomic mass is 15.2. The molecule has 0 unspecified atom stereocenters. The molecule has 1 aromatic rings. The van der Waals surface area contributed by atoms with Crippen molar-refractivity contribution in [3.8, 4) is 0 Å². The van der Waals surface area contributed by atoms with Crippen molar-refractivity contribution in [1.82, 2.24) is 15.1 Å². The van der Waals surface area contributed by atoms with Gasteiger partial charge in [0.1, 0.15) is 0 Å². The smallest absolute Gasteiger partial charge is 0.0771 e. The fraction of sp³-hybridized carbons (Fsp3) is 0.600. The Balaban J connectivity index is 1.90. The van der Waals surface area contributed by atoms with Gasteiger partial charge in [0.05, 0.1) is 5.69 Å². The van der Waals surface area contributed by atoms with Crippen LogP contribution in [0.25, 0.3) is 0 Å². The molecular formula is C10H15N3. The van der Waals surface area contributed by atoms with Crippen molar-refractivity contribution in [2.75, 3.05) is 13.1 Å². The van der Waals surface area contributed by atoms with Gasteiger partial charge in [-0.3, -0.25) is 4.90 Å². The summed E-state index contributed by atoms with van der Waals surface area (Å²) in [6.07, 6.45) is 5.77. The third-order valence-corrected chi connectivity index (χ3v) is 2.46. The van der Waals surface area contributed by atoms with Gasteiger partial charge in [0.25, 0.3) is 0 Å². The Hall–Kier alpha value is -0.960. The van der Waals surface area contributed by atoms with Gasteiger partial charge < -0.3 is 0 Å². The lowest BCUT2D eigenvalue weighted by Crippen LogP contribution is -2.29. The molecule has 0 saturated carbocycles. The van der Waals surface area contributed by atoms with Gasteiger partial charge in [-0.1, -0.05) is 6.42 Å². The Labute approximate surface area is 78.8 Å². The van der Waals surface area contributed by atoms with Crippen LogP contribution in [-0.2, 0) is 6.54 Å². The van der Waals surface area contributed by atoms with Crippen molar-refractivity contribution in [3.63, 3.8) is 0 Å². The van der Waals surface area contributed by atoms with E-state index in [1.54, 1.807) is 6.20 Å². The van der Waals surface area contributed by atoms with Gasteiger partial charge in [-0.05, 0) is 38.1 Å². The molecule has 1 saturated heterocycles. The zero-order valence-corrected chi connectivity index (χ0v) is 7.82. The second-order valence-electron chi connectivity index (χ2n) is 3.55. The molecular weight excluding hydrogens is 162 g/mol. The SMILES string of the molecule is c1cnnc(CN2CCCCC2)c1. The van der Waals surface area contributed by atoms with Crippen LogP contribution in [0.5, 0.6) is 0 Å². The average Bonchev–Trinajstić information content (AvgIpc) is 2.21. The van der Waals surface area contributed by atoms with Gasteiger partial charge in [0, 0.05) is 12.7 Å². The molecule has 0 spiro atoms. The second kappa shape index (κ2) is 4.33. The molecule has 2 heterocycles. The summed E-state index contributed by atoms with van der Waals surface area (Å²) in [5.74, 6) is 0. The van der Waals surface area contributed by atoms with Crippen molar-refractivity contribution in [2.45, 2.75) is 25.8 Å². The molecule has 0 bridgehead atoms. The summed E-state index contributed by atoms with van der Waals surface area (Å²) in [4.78, 5) is 2.45. The predicted octanol–water partition coefficient (Wildman–Crippen LogP) is 1.46. The third-order valence-electron chi connectivity index (χ3n) is 2.46. The Morgan fingerprint density at radius 1 is 1.23 bits per heavy atom. The van der Waals surface area contributed by atoms with Crippen LogP contribution in [0.1, 0.15) is 25.0 Å². The number of nitrogens with zero attached hydrogens (tertiary/aromatic N) is 3. The average molecular weight is 177 g/mol. The summed E-state index contributed by atoms with van der Waals surface area (Å²) in [6.45, 7) is 3.40. The molecule has 0 aromatic carbocycles. The van der Waals surface area contributed by atoms with Crippen LogP contribution >= 0.6 is 0 Å². The van der Waals surface area contributed by atoms with Gasteiger partial charge >= 0.3 is 0 Å². The lowest BCUT2D eigenvalue weighted by molar-refractivity contribution is 0.218. The van der Waals surface area contributed by atoms with Crippen molar-refractivity contribution >= 4 is 0 Å². The van der Waals surface area contributed by atoms with Crippen LogP contribution < -0.4 is 0 Å². The summed E-state index contributed by atoms with van der Waals surface area (Å²) in [5.41, 5.74) is 1.09. The van der Waals surface area contributed by atoms with Crippen molar-refractivity contribution < 1.29 is 0 Å². The van der Waals surface area contributed by atoms with Gasteiger partial charge in [0.2, 0.25) is 0 Å². The summed E-state index contributed by atoms with van der Waals surface area (Å²) in [5, 5.41) is 7.95. The van der Waals surface area contributed by atoms with Crippen LogP contribution in [0, 0.1) is 0 Å². The van der Waals surface area contributed by atoms with E-state index in [1.165, 1.54) is 32.4 Å². The van der Waals surface area contributed by atoms with E-state index in [0.29, 0.717) is 0 Å². The Kier molecular flexibility index (Phi) is 2.87. The first-order chi connectivity index (χ1) is 6.45. The van der Waals surface area contributed by atoms with E-state index in [1.807, 2.05) is 12.1 Å². The zero-order valence-electron chi connectivity index (χ0n) is 7.82. The lowest BCUT2D eigenvalue weighted by atomic mass is 10.1. The normalized spacial score (nSPS) is 18.8. The minimum absolute atomic E-state index is 0.966. The molecule has 1 aromatic heterocycles. The van der Waals surface area contributed by atoms with Gasteiger partial charge in [-0.25, -0.2) is 0 Å². The maximum Gasteiger partial charge on any atom is 0.0771 e. The van der Waals surface area contributed by atoms with E-state index >= 15 is 0 Å². The molecule has 1 fully saturated rings. The molecule has 0 N–H and O–H groups in total. The molecule has 1 aliphatic heterocycles. The fourth-order valence-corrected chi connectivity index (χ4v) is 1.76. The lowest BCUT2D eigenvalue weighted by Gasteiger charge is -2.25. The number of piperidine rings is 1. The molecule has 0 aliphatic carbocycles. The minimum Gasteiger partial charge on any atom is -0.297 e. The number of hydrogen-bond acceptors (Lipinski definition) is 3. The van der Waals surface area contributed by atoms with Crippen LogP contribution in [-0.4, -0.2) is 28.2 Å². The molecule has 3 heteroatoms. The van der Waals surface area contributed by atoms with Crippen LogP contribution in [0.3, 0.4) is 0 Å². The predicted molar refractivity (Wildman–Crippen MR) is 51.2 cm³/mol. The standard InChI is InChI=1S/C10H15N3/c1-2-7-13(8-3-1)9-10-5-4-6-11-12-10/h4-6H,1-3,7-9H2. The van der Waals surface area contributed by atoms with Gasteiger partial charge in [-0.2, -0.15) is 10.2 Å². The topological polar surface area (TPSA) is 29.0 Å². The van der Waals surface area contributed by atoms with Gasteiger partial charge in [0.15, 0.2) is 0 Å². The number of rotatable bonds is 2. The molecule has 1 aliphatic rings. The number of aromatic nitrogens is 2. The maximum atomic E-state index is 4.08. The fourth-order valence-electron chi connectivity index (χ4n) is 1.76. The first kappa shape index (κ1) is 8.63. The Morgan fingerprint density at radius 2 is 2.08 bits per heavy atom. The van der Waals surface area contributed by atoms with Gasteiger partial charge in [-0.15, -0.1) is 0 Å². The van der Waals surface area contributed by atoms with E-state index in [-0.39, 0.29) is 0 Å². The van der Waals surface area contributed by atoms with E-state index in [4.69, 9.17) is 0 Å². The van der Waals surface area contributed by atoms with Crippen molar-refractivity contribution in [2.24, 2.45) is 0 Å². The zero-order chi connectivity index (χ0) is 8.93. The quantitative estimate of drug-likeness (QED) is 0.685. The van der Waals surface area contributed by atoms with E-state index in [9.17, 15) is 0 Å². The summed E-state index contributed by atoms with van der Waals surface area (Å²) >= 11 is 0. The first-order valence-electron chi connectivity index (χ1n) is 4.94. The monoisotopic (exact) mass is 177 g/mol. The molecule has 0 atom stereocenters. The number of hydrogen-bond donors (Lipinski definition) is 0. The molecule has 3 nitrogen and oxygen atoms in total. The molecule has 0 amide bonds. The first-order valence-corrected chi connectivity index (χ1v) is 4.94. The third kappa shape index (κ3) is 2.49. The minimum atomic E-state index is 0.966. The largest absolute Gasteiger partial charge is 0.297 e. The van der Waals surface area contributed by atoms with E-state index < -0.39 is 0 Å². The Morgan fingerprint density at radius 3 is 2.77 bits per heavy atom. The van der Waals surface area contributed by atoms with E-state index in [2.05, 4.69) is 15.1 Å². The van der Waals surface area contributed by atoms with Crippen LogP contribution in [0.4, 0.5) is 0 Å². The maximum absolute atomic E-state index is 4.08. The highest BCUT2D eigenvalue weighted by Gasteiger charge is 2.10. The second-order valence-corrected chi connectivity index (χ2v) is 3.55. The number of likely N-dealkylation sites (tertiary alicyclic amines) is 1. The van der Waals surface area contributed by atoms with E-state index in [0.717, 1.165) is 12.2 Å². The molecule has 2 rings (SSSR count). The van der Waals surface area contributed by atoms with Crippen LogP contribution in [0.2, 0.25) is 0 Å². The Bertz CT molecular complexity index is 242. The molecule has 70 valence electrons. The highest BCUT2D eigenvalue weighted by molar-refractivity contribution is 4.98. The summed E-state index contributed by atoms with van der Waals surface area (Å²) in [6, 6.07) is 3.99. The van der Waals surface area contributed by atoms with Crippen molar-refractivity contribution in [3.05, 3.63) is 24.0 Å².